The summed E-state index contributed by atoms with van der Waals surface area (Å²) in [6, 6.07) is 5.09. The smallest absolute Gasteiger partial charge is 0.259 e. The first-order valence-electron chi connectivity index (χ1n) is 6.73. The number of benzene rings is 1. The molecular weight excluding hydrogens is 245 g/mol. The van der Waals surface area contributed by atoms with E-state index in [0.29, 0.717) is 23.1 Å². The van der Waals surface area contributed by atoms with Crippen molar-refractivity contribution in [1.82, 2.24) is 5.32 Å². The molecule has 1 aromatic rings. The summed E-state index contributed by atoms with van der Waals surface area (Å²) in [4.78, 5) is 23.4. The van der Waals surface area contributed by atoms with Crippen LogP contribution in [0.15, 0.2) is 18.2 Å². The summed E-state index contributed by atoms with van der Waals surface area (Å²) in [5.41, 5.74) is 1.41. The fraction of sp³-hybridized carbons (Fsp3) is 0.467. The largest absolute Gasteiger partial charge is 0.288 e. The minimum atomic E-state index is -0.498. The number of nitrogens with one attached hydrogen (secondary N) is 1. The highest BCUT2D eigenvalue weighted by Gasteiger charge is 2.31. The molecule has 0 aliphatic carbocycles. The van der Waals surface area contributed by atoms with Crippen LogP contribution in [0, 0.1) is 0 Å². The summed E-state index contributed by atoms with van der Waals surface area (Å²) in [6.45, 7) is 1.60. The van der Waals surface area contributed by atoms with E-state index in [1.807, 2.05) is 0 Å². The Kier molecular flexibility index (Phi) is 4.30. The molecule has 19 heavy (non-hydrogen) atoms. The predicted octanol–water partition coefficient (Wildman–Crippen LogP) is 3.20. The van der Waals surface area contributed by atoms with Gasteiger partial charge in [0.15, 0.2) is 0 Å². The molecule has 1 aliphatic rings. The molecular formula is C15H18FNO2. The van der Waals surface area contributed by atoms with Gasteiger partial charge in [0.1, 0.15) is 0 Å². The molecule has 1 N–H and O–H groups in total. The van der Waals surface area contributed by atoms with E-state index in [9.17, 15) is 14.0 Å². The fourth-order valence-corrected chi connectivity index (χ4v) is 2.54. The zero-order valence-corrected chi connectivity index (χ0v) is 11.0. The van der Waals surface area contributed by atoms with Gasteiger partial charge in [0.2, 0.25) is 0 Å². The van der Waals surface area contributed by atoms with Gasteiger partial charge in [-0.05, 0) is 18.1 Å². The molecule has 0 fully saturated rings. The molecule has 0 spiro atoms. The Hall–Kier alpha value is -1.71. The van der Waals surface area contributed by atoms with Crippen LogP contribution in [0.4, 0.5) is 4.39 Å². The standard InChI is InChI=1S/C15H18FNO2/c1-2-3-4-6-10(9-16)11-7-5-8-12-13(11)15(19)17-14(12)18/h5,7-8,10H,2-4,6,9H2,1H3,(H,17,18,19). The zero-order valence-electron chi connectivity index (χ0n) is 11.0. The SMILES string of the molecule is CCCCCC(CF)c1cccc2c1C(=O)NC2=O. The normalized spacial score (nSPS) is 15.3. The Bertz CT molecular complexity index is 499. The highest BCUT2D eigenvalue weighted by Crippen LogP contribution is 2.30. The van der Waals surface area contributed by atoms with Crippen molar-refractivity contribution < 1.29 is 14.0 Å². The number of hydrogen-bond donors (Lipinski definition) is 1. The van der Waals surface area contributed by atoms with E-state index in [1.54, 1.807) is 18.2 Å². The van der Waals surface area contributed by atoms with Crippen LogP contribution in [0.25, 0.3) is 0 Å². The molecule has 0 aromatic heterocycles. The highest BCUT2D eigenvalue weighted by atomic mass is 19.1. The molecule has 2 rings (SSSR count). The number of halogens is 1. The Morgan fingerprint density at radius 1 is 1.21 bits per heavy atom. The summed E-state index contributed by atoms with van der Waals surface area (Å²) in [5.74, 6) is -1.07. The summed E-state index contributed by atoms with van der Waals surface area (Å²) in [5, 5.41) is 2.27. The number of imide groups is 1. The van der Waals surface area contributed by atoms with Crippen LogP contribution in [0.2, 0.25) is 0 Å². The lowest BCUT2D eigenvalue weighted by Gasteiger charge is -2.15. The van der Waals surface area contributed by atoms with Crippen molar-refractivity contribution in [2.24, 2.45) is 0 Å². The van der Waals surface area contributed by atoms with Gasteiger partial charge >= 0.3 is 0 Å². The average molecular weight is 263 g/mol. The maximum Gasteiger partial charge on any atom is 0.259 e. The van der Waals surface area contributed by atoms with Gasteiger partial charge in [0.05, 0.1) is 17.8 Å². The van der Waals surface area contributed by atoms with Crippen molar-refractivity contribution in [3.05, 3.63) is 34.9 Å². The lowest BCUT2D eigenvalue weighted by atomic mass is 9.89. The van der Waals surface area contributed by atoms with Gasteiger partial charge in [-0.2, -0.15) is 0 Å². The Labute approximate surface area is 112 Å². The van der Waals surface area contributed by atoms with Gasteiger partial charge in [-0.25, -0.2) is 0 Å². The molecule has 1 aromatic carbocycles. The fourth-order valence-electron chi connectivity index (χ4n) is 2.54. The summed E-state index contributed by atoms with van der Waals surface area (Å²) < 4.78 is 13.2. The van der Waals surface area contributed by atoms with E-state index in [0.717, 1.165) is 19.3 Å². The van der Waals surface area contributed by atoms with Gasteiger partial charge in [-0.1, -0.05) is 38.3 Å². The second-order valence-corrected chi connectivity index (χ2v) is 4.90. The van der Waals surface area contributed by atoms with Crippen molar-refractivity contribution in [3.8, 4) is 0 Å². The molecule has 0 saturated carbocycles. The maximum absolute atomic E-state index is 13.2. The molecule has 1 unspecified atom stereocenters. The lowest BCUT2D eigenvalue weighted by molar-refractivity contribution is 0.0879. The van der Waals surface area contributed by atoms with Crippen molar-refractivity contribution >= 4 is 11.8 Å². The van der Waals surface area contributed by atoms with Crippen LogP contribution in [0.1, 0.15) is 64.8 Å². The van der Waals surface area contributed by atoms with E-state index in [1.165, 1.54) is 0 Å². The Morgan fingerprint density at radius 2 is 2.00 bits per heavy atom. The summed E-state index contributed by atoms with van der Waals surface area (Å²) in [7, 11) is 0. The third kappa shape index (κ3) is 2.67. The quantitative estimate of drug-likeness (QED) is 0.632. The van der Waals surface area contributed by atoms with E-state index in [4.69, 9.17) is 0 Å². The monoisotopic (exact) mass is 263 g/mol. The third-order valence-corrected chi connectivity index (χ3v) is 3.58. The van der Waals surface area contributed by atoms with Crippen LogP contribution in [-0.2, 0) is 0 Å². The molecule has 1 heterocycles. The molecule has 1 atom stereocenters. The van der Waals surface area contributed by atoms with Crippen molar-refractivity contribution in [3.63, 3.8) is 0 Å². The number of fused-ring (bicyclic) bond motifs is 1. The van der Waals surface area contributed by atoms with Crippen LogP contribution < -0.4 is 5.32 Å². The number of unbranched alkanes of at least 4 members (excludes halogenated alkanes) is 2. The minimum absolute atomic E-state index is 0.293. The zero-order chi connectivity index (χ0) is 13.8. The van der Waals surface area contributed by atoms with E-state index in [-0.39, 0.29) is 11.8 Å². The first-order chi connectivity index (χ1) is 9.19. The van der Waals surface area contributed by atoms with Crippen molar-refractivity contribution in [2.45, 2.75) is 38.5 Å². The summed E-state index contributed by atoms with van der Waals surface area (Å²) >= 11 is 0. The molecule has 2 amide bonds. The Morgan fingerprint density at radius 3 is 2.68 bits per heavy atom. The first kappa shape index (κ1) is 13.7. The second kappa shape index (κ2) is 5.95. The van der Waals surface area contributed by atoms with Gasteiger partial charge in [-0.15, -0.1) is 0 Å². The minimum Gasteiger partial charge on any atom is -0.288 e. The summed E-state index contributed by atoms with van der Waals surface area (Å²) in [6.07, 6.45) is 3.77. The molecule has 102 valence electrons. The van der Waals surface area contributed by atoms with Gasteiger partial charge in [0, 0.05) is 5.92 Å². The maximum atomic E-state index is 13.2. The molecule has 0 saturated heterocycles. The second-order valence-electron chi connectivity index (χ2n) is 4.90. The molecule has 3 nitrogen and oxygen atoms in total. The van der Waals surface area contributed by atoms with Gasteiger partial charge < -0.3 is 0 Å². The van der Waals surface area contributed by atoms with E-state index in [2.05, 4.69) is 12.2 Å². The average Bonchev–Trinajstić information content (AvgIpc) is 2.71. The van der Waals surface area contributed by atoms with Crippen LogP contribution in [0.5, 0.6) is 0 Å². The number of amides is 2. The highest BCUT2D eigenvalue weighted by molar-refractivity contribution is 6.22. The van der Waals surface area contributed by atoms with Gasteiger partial charge in [-0.3, -0.25) is 19.3 Å². The molecule has 0 bridgehead atoms. The molecule has 1 aliphatic heterocycles. The molecule has 4 heteroatoms. The lowest BCUT2D eigenvalue weighted by Crippen LogP contribution is -2.20. The van der Waals surface area contributed by atoms with Crippen LogP contribution in [0.3, 0.4) is 0 Å². The number of hydrogen-bond acceptors (Lipinski definition) is 2. The van der Waals surface area contributed by atoms with E-state index >= 15 is 0 Å². The predicted molar refractivity (Wildman–Crippen MR) is 71.1 cm³/mol. The number of carbonyl (C=O) groups is 2. The Balaban J connectivity index is 2.29. The van der Waals surface area contributed by atoms with Gasteiger partial charge in [0.25, 0.3) is 11.8 Å². The van der Waals surface area contributed by atoms with Crippen LogP contribution >= 0.6 is 0 Å². The number of alkyl halides is 1. The number of carbonyl (C=O) groups excluding carboxylic acids is 2. The molecule has 0 radical (unpaired) electrons. The number of rotatable bonds is 6. The van der Waals surface area contributed by atoms with E-state index < -0.39 is 12.6 Å². The van der Waals surface area contributed by atoms with Crippen LogP contribution in [-0.4, -0.2) is 18.5 Å². The third-order valence-electron chi connectivity index (χ3n) is 3.58. The van der Waals surface area contributed by atoms with Crippen molar-refractivity contribution in [1.29, 1.82) is 0 Å². The first-order valence-corrected chi connectivity index (χ1v) is 6.73. The van der Waals surface area contributed by atoms with Crippen molar-refractivity contribution in [2.75, 3.05) is 6.67 Å². The topological polar surface area (TPSA) is 46.2 Å².